The highest BCUT2D eigenvalue weighted by Gasteiger charge is 2.18. The predicted octanol–water partition coefficient (Wildman–Crippen LogP) is 3.75. The number of allylic oxidation sites excluding steroid dienone is 2. The number of Topliss-reactive ketones (excluding diaryl/α,β-unsaturated/α-hetero) is 1. The standard InChI is InChI=1S/C16H16F3NO/c1-9(2)16(21)10(3)11(4)20(5)8-13-14(18)6-12(17)7-15(13)19/h6-7H,1,3-4,8H2,2,5H3. The van der Waals surface area contributed by atoms with Gasteiger partial charge in [0.05, 0.1) is 0 Å². The lowest BCUT2D eigenvalue weighted by Gasteiger charge is -2.23. The summed E-state index contributed by atoms with van der Waals surface area (Å²) in [6.07, 6.45) is 0. The van der Waals surface area contributed by atoms with Crippen LogP contribution in [0, 0.1) is 17.5 Å². The average molecular weight is 295 g/mol. The van der Waals surface area contributed by atoms with Crippen LogP contribution in [0.4, 0.5) is 13.2 Å². The van der Waals surface area contributed by atoms with Gasteiger partial charge in [-0.2, -0.15) is 0 Å². The van der Waals surface area contributed by atoms with Gasteiger partial charge in [-0.05, 0) is 12.5 Å². The van der Waals surface area contributed by atoms with Crippen LogP contribution >= 0.6 is 0 Å². The number of carbonyl (C=O) groups excluding carboxylic acids is 1. The SMILES string of the molecule is C=C(C)C(=O)C(=C)C(=C)N(C)Cc1c(F)cc(F)cc1F. The van der Waals surface area contributed by atoms with Crippen LogP contribution in [0.15, 0.2) is 48.7 Å². The minimum atomic E-state index is -0.996. The van der Waals surface area contributed by atoms with Gasteiger partial charge in [-0.25, -0.2) is 13.2 Å². The van der Waals surface area contributed by atoms with E-state index in [2.05, 4.69) is 19.7 Å². The summed E-state index contributed by atoms with van der Waals surface area (Å²) in [5.74, 6) is -3.36. The normalized spacial score (nSPS) is 10.1. The topological polar surface area (TPSA) is 20.3 Å². The summed E-state index contributed by atoms with van der Waals surface area (Å²) >= 11 is 0. The Morgan fingerprint density at radius 3 is 2.05 bits per heavy atom. The Morgan fingerprint density at radius 1 is 1.14 bits per heavy atom. The van der Waals surface area contributed by atoms with E-state index in [0.29, 0.717) is 12.1 Å². The molecule has 1 rings (SSSR count). The molecule has 21 heavy (non-hydrogen) atoms. The Balaban J connectivity index is 2.94. The summed E-state index contributed by atoms with van der Waals surface area (Å²) in [4.78, 5) is 13.1. The summed E-state index contributed by atoms with van der Waals surface area (Å²) in [6, 6.07) is 1.20. The number of hydrogen-bond acceptors (Lipinski definition) is 2. The molecule has 0 unspecified atom stereocenters. The van der Waals surface area contributed by atoms with Crippen molar-refractivity contribution in [1.82, 2.24) is 4.90 Å². The number of benzene rings is 1. The predicted molar refractivity (Wildman–Crippen MR) is 75.9 cm³/mol. The van der Waals surface area contributed by atoms with Crippen LogP contribution in [-0.4, -0.2) is 17.7 Å². The molecular formula is C16H16F3NO. The van der Waals surface area contributed by atoms with E-state index in [-0.39, 0.29) is 34.7 Å². The first-order valence-corrected chi connectivity index (χ1v) is 6.08. The maximum absolute atomic E-state index is 13.6. The minimum Gasteiger partial charge on any atom is -0.370 e. The van der Waals surface area contributed by atoms with Crippen LogP contribution in [0.1, 0.15) is 12.5 Å². The lowest BCUT2D eigenvalue weighted by Crippen LogP contribution is -2.22. The van der Waals surface area contributed by atoms with Crippen molar-refractivity contribution in [1.29, 1.82) is 0 Å². The summed E-state index contributed by atoms with van der Waals surface area (Å²) in [5.41, 5.74) is 0.281. The molecule has 2 nitrogen and oxygen atoms in total. The van der Waals surface area contributed by atoms with Crippen molar-refractivity contribution in [3.05, 3.63) is 71.7 Å². The van der Waals surface area contributed by atoms with E-state index >= 15 is 0 Å². The Bertz CT molecular complexity index is 611. The number of hydrogen-bond donors (Lipinski definition) is 0. The Hall–Kier alpha value is -2.30. The quantitative estimate of drug-likeness (QED) is 0.588. The van der Waals surface area contributed by atoms with Crippen molar-refractivity contribution in [2.24, 2.45) is 0 Å². The second-order valence-electron chi connectivity index (χ2n) is 4.74. The van der Waals surface area contributed by atoms with Crippen LogP contribution in [0.25, 0.3) is 0 Å². The number of nitrogens with zero attached hydrogens (tertiary/aromatic N) is 1. The highest BCUT2D eigenvalue weighted by Crippen LogP contribution is 2.21. The number of rotatable bonds is 6. The number of carbonyl (C=O) groups is 1. The molecule has 0 N–H and O–H groups in total. The molecule has 0 bridgehead atoms. The zero-order valence-electron chi connectivity index (χ0n) is 12.0. The fraction of sp³-hybridized carbons (Fsp3) is 0.188. The van der Waals surface area contributed by atoms with E-state index in [9.17, 15) is 18.0 Å². The van der Waals surface area contributed by atoms with Crippen molar-refractivity contribution >= 4 is 5.78 Å². The summed E-state index contributed by atoms with van der Waals surface area (Å²) < 4.78 is 40.0. The molecule has 0 atom stereocenters. The summed E-state index contributed by atoms with van der Waals surface area (Å²) in [6.45, 7) is 12.1. The lowest BCUT2D eigenvalue weighted by atomic mass is 10.0. The fourth-order valence-electron chi connectivity index (χ4n) is 1.67. The molecule has 0 radical (unpaired) electrons. The zero-order valence-corrected chi connectivity index (χ0v) is 12.0. The molecule has 112 valence electrons. The third kappa shape index (κ3) is 3.84. The van der Waals surface area contributed by atoms with Gasteiger partial charge >= 0.3 is 0 Å². The van der Waals surface area contributed by atoms with E-state index in [1.807, 2.05) is 0 Å². The first kappa shape index (κ1) is 16.8. The van der Waals surface area contributed by atoms with Gasteiger partial charge in [-0.15, -0.1) is 0 Å². The van der Waals surface area contributed by atoms with Crippen molar-refractivity contribution in [2.75, 3.05) is 7.05 Å². The maximum Gasteiger partial charge on any atom is 0.189 e. The summed E-state index contributed by atoms with van der Waals surface area (Å²) in [5, 5.41) is 0. The second kappa shape index (κ2) is 6.43. The van der Waals surface area contributed by atoms with E-state index in [0.717, 1.165) is 0 Å². The van der Waals surface area contributed by atoms with Crippen LogP contribution in [-0.2, 0) is 11.3 Å². The first-order chi connectivity index (χ1) is 9.65. The molecule has 0 aliphatic heterocycles. The maximum atomic E-state index is 13.6. The van der Waals surface area contributed by atoms with Gasteiger partial charge in [0.2, 0.25) is 0 Å². The second-order valence-corrected chi connectivity index (χ2v) is 4.74. The molecule has 5 heteroatoms. The van der Waals surface area contributed by atoms with Gasteiger partial charge in [0.15, 0.2) is 5.78 Å². The molecule has 0 saturated carbocycles. The molecule has 0 aliphatic rings. The summed E-state index contributed by atoms with van der Waals surface area (Å²) in [7, 11) is 1.50. The zero-order chi connectivity index (χ0) is 16.3. The molecule has 0 amide bonds. The third-order valence-corrected chi connectivity index (χ3v) is 2.97. The van der Waals surface area contributed by atoms with E-state index in [4.69, 9.17) is 0 Å². The van der Waals surface area contributed by atoms with E-state index < -0.39 is 17.5 Å². The van der Waals surface area contributed by atoms with Gasteiger partial charge in [-0.1, -0.05) is 19.7 Å². The van der Waals surface area contributed by atoms with E-state index in [1.165, 1.54) is 18.9 Å². The average Bonchev–Trinajstić information content (AvgIpc) is 2.39. The Labute approximate surface area is 121 Å². The molecule has 1 aromatic carbocycles. The third-order valence-electron chi connectivity index (χ3n) is 2.97. The van der Waals surface area contributed by atoms with Crippen molar-refractivity contribution in [3.8, 4) is 0 Å². The molecule has 1 aromatic rings. The number of halogens is 3. The van der Waals surface area contributed by atoms with Gasteiger partial charge in [-0.3, -0.25) is 4.79 Å². The smallest absolute Gasteiger partial charge is 0.189 e. The molecule has 0 fully saturated rings. The van der Waals surface area contributed by atoms with Crippen LogP contribution in [0.2, 0.25) is 0 Å². The van der Waals surface area contributed by atoms with Crippen LogP contribution < -0.4 is 0 Å². The number of ketones is 1. The van der Waals surface area contributed by atoms with Gasteiger partial charge in [0.25, 0.3) is 0 Å². The molecule has 0 aromatic heterocycles. The highest BCUT2D eigenvalue weighted by atomic mass is 19.1. The van der Waals surface area contributed by atoms with Crippen molar-refractivity contribution < 1.29 is 18.0 Å². The molecular weight excluding hydrogens is 279 g/mol. The monoisotopic (exact) mass is 295 g/mol. The molecule has 0 spiro atoms. The molecule has 0 saturated heterocycles. The minimum absolute atomic E-state index is 0.0907. The van der Waals surface area contributed by atoms with Crippen LogP contribution in [0.3, 0.4) is 0 Å². The van der Waals surface area contributed by atoms with Gasteiger partial charge < -0.3 is 4.90 Å². The highest BCUT2D eigenvalue weighted by molar-refractivity contribution is 6.09. The molecule has 0 heterocycles. The number of likely N-dealkylation sites (N-methyl/N-ethyl adjacent to an activating group) is 1. The Morgan fingerprint density at radius 2 is 1.62 bits per heavy atom. The Kier molecular flexibility index (Phi) is 5.13. The van der Waals surface area contributed by atoms with Crippen molar-refractivity contribution in [3.63, 3.8) is 0 Å². The van der Waals surface area contributed by atoms with E-state index in [1.54, 1.807) is 0 Å². The first-order valence-electron chi connectivity index (χ1n) is 6.08. The largest absolute Gasteiger partial charge is 0.370 e. The lowest BCUT2D eigenvalue weighted by molar-refractivity contribution is -0.112. The van der Waals surface area contributed by atoms with Crippen molar-refractivity contribution in [2.45, 2.75) is 13.5 Å². The molecule has 0 aliphatic carbocycles. The van der Waals surface area contributed by atoms with Gasteiger partial charge in [0, 0.05) is 42.6 Å². The fourth-order valence-corrected chi connectivity index (χ4v) is 1.67. The van der Waals surface area contributed by atoms with Crippen LogP contribution in [0.5, 0.6) is 0 Å². The van der Waals surface area contributed by atoms with Gasteiger partial charge in [0.1, 0.15) is 17.5 Å².